The zero-order valence-electron chi connectivity index (χ0n) is 19.5. The Labute approximate surface area is 222 Å². The Kier molecular flexibility index (Phi) is 6.53. The molecule has 0 unspecified atom stereocenters. The maximum atomic E-state index is 5.94. The van der Waals surface area contributed by atoms with Gasteiger partial charge in [-0.3, -0.25) is 4.98 Å². The van der Waals surface area contributed by atoms with E-state index in [0.717, 1.165) is 44.4 Å². The van der Waals surface area contributed by atoms with Gasteiger partial charge in [0.25, 0.3) is 0 Å². The summed E-state index contributed by atoms with van der Waals surface area (Å²) in [6, 6.07) is 28.6. The van der Waals surface area contributed by atoms with Gasteiger partial charge in [-0.05, 0) is 30.0 Å². The van der Waals surface area contributed by atoms with E-state index in [1.807, 2.05) is 43.3 Å². The summed E-state index contributed by atoms with van der Waals surface area (Å²) in [4.78, 5) is 13.3. The second kappa shape index (κ2) is 9.92. The third-order valence-electron chi connectivity index (χ3n) is 5.78. The van der Waals surface area contributed by atoms with Gasteiger partial charge in [-0.1, -0.05) is 35.7 Å². The fraction of sp³-hybridized carbons (Fsp3) is 0.0690. The van der Waals surface area contributed by atoms with Crippen molar-refractivity contribution in [2.45, 2.75) is 6.92 Å². The molecule has 6 aromatic rings. The summed E-state index contributed by atoms with van der Waals surface area (Å²) in [5, 5.41) is 2.21. The number of pyridine rings is 1. The number of hydrogen-bond donors (Lipinski definition) is 0. The molecule has 3 aromatic heterocycles. The SMILES string of the molecule is COc1cc(Oc2ccccn2)[c-]c(-c2[c-]c3c(cc2)c2ccccc2n3-c2cnc(C)cn2)c1.[Pt+2]. The molecule has 0 spiro atoms. The first kappa shape index (κ1) is 23.7. The molecular formula is C29H20N4O2Pt. The molecule has 6 nitrogen and oxygen atoms in total. The Bertz CT molecular complexity index is 1660. The second-order valence-corrected chi connectivity index (χ2v) is 8.07. The molecule has 0 aliphatic heterocycles. The molecule has 0 bridgehead atoms. The third-order valence-corrected chi connectivity index (χ3v) is 5.78. The average Bonchev–Trinajstić information content (AvgIpc) is 3.23. The van der Waals surface area contributed by atoms with Gasteiger partial charge in [0, 0.05) is 29.3 Å². The van der Waals surface area contributed by atoms with Crippen LogP contribution in [-0.4, -0.2) is 26.6 Å². The van der Waals surface area contributed by atoms with Crippen molar-refractivity contribution in [3.63, 3.8) is 0 Å². The van der Waals surface area contributed by atoms with Crippen molar-refractivity contribution in [1.82, 2.24) is 19.5 Å². The molecule has 178 valence electrons. The fourth-order valence-corrected chi connectivity index (χ4v) is 4.15. The van der Waals surface area contributed by atoms with Crippen LogP contribution in [0.3, 0.4) is 0 Å². The predicted molar refractivity (Wildman–Crippen MR) is 135 cm³/mol. The second-order valence-electron chi connectivity index (χ2n) is 8.07. The van der Waals surface area contributed by atoms with Gasteiger partial charge in [0.1, 0.15) is 0 Å². The van der Waals surface area contributed by atoms with Gasteiger partial charge in [-0.15, -0.1) is 18.2 Å². The van der Waals surface area contributed by atoms with Crippen LogP contribution in [0.4, 0.5) is 0 Å². The van der Waals surface area contributed by atoms with Crippen LogP contribution in [0.15, 0.2) is 85.3 Å². The van der Waals surface area contributed by atoms with Crippen molar-refractivity contribution in [3.05, 3.63) is 103 Å². The van der Waals surface area contributed by atoms with Gasteiger partial charge in [0.2, 0.25) is 5.88 Å². The number of methoxy groups -OCH3 is 1. The van der Waals surface area contributed by atoms with E-state index < -0.39 is 0 Å². The number of para-hydroxylation sites is 1. The summed E-state index contributed by atoms with van der Waals surface area (Å²) in [5.74, 6) is 2.39. The summed E-state index contributed by atoms with van der Waals surface area (Å²) >= 11 is 0. The van der Waals surface area contributed by atoms with Crippen LogP contribution in [0.5, 0.6) is 17.4 Å². The van der Waals surface area contributed by atoms with E-state index >= 15 is 0 Å². The Hall–Kier alpha value is -4.02. The van der Waals surface area contributed by atoms with E-state index in [9.17, 15) is 0 Å². The van der Waals surface area contributed by atoms with Crippen molar-refractivity contribution in [3.8, 4) is 34.3 Å². The van der Waals surface area contributed by atoms with Crippen molar-refractivity contribution >= 4 is 21.8 Å². The molecule has 0 atom stereocenters. The van der Waals surface area contributed by atoms with Gasteiger partial charge in [-0.2, -0.15) is 12.1 Å². The van der Waals surface area contributed by atoms with Crippen LogP contribution in [-0.2, 0) is 21.1 Å². The first-order valence-electron chi connectivity index (χ1n) is 11.1. The Morgan fingerprint density at radius 2 is 1.67 bits per heavy atom. The van der Waals surface area contributed by atoms with Gasteiger partial charge in [-0.25, -0.2) is 21.1 Å². The first-order chi connectivity index (χ1) is 17.2. The summed E-state index contributed by atoms with van der Waals surface area (Å²) in [6.07, 6.45) is 5.25. The normalized spacial score (nSPS) is 10.8. The predicted octanol–water partition coefficient (Wildman–Crippen LogP) is 6.34. The summed E-state index contributed by atoms with van der Waals surface area (Å²) in [6.45, 7) is 1.93. The number of nitrogens with zero attached hydrogens (tertiary/aromatic N) is 4. The zero-order valence-corrected chi connectivity index (χ0v) is 21.8. The molecule has 0 aliphatic carbocycles. The number of aromatic nitrogens is 4. The van der Waals surface area contributed by atoms with Crippen LogP contribution in [0, 0.1) is 19.1 Å². The standard InChI is InChI=1S/C29H20N4O2.Pt/c1-19-17-32-28(18-31-19)33-26-8-4-3-7-24(26)25-11-10-20(15-27(25)33)21-13-22(34-2)16-23(14-21)35-29-9-5-6-12-30-29;/h3-13,16-18H,1-2H3;/q-2;+2. The third kappa shape index (κ3) is 4.36. The van der Waals surface area contributed by atoms with Crippen molar-refractivity contribution in [2.75, 3.05) is 7.11 Å². The molecular weight excluding hydrogens is 631 g/mol. The minimum Gasteiger partial charge on any atom is -0.517 e. The quantitative estimate of drug-likeness (QED) is 0.204. The number of rotatable bonds is 5. The van der Waals surface area contributed by atoms with E-state index in [4.69, 9.17) is 9.47 Å². The Morgan fingerprint density at radius 1 is 0.806 bits per heavy atom. The summed E-state index contributed by atoms with van der Waals surface area (Å²) < 4.78 is 13.6. The molecule has 0 fully saturated rings. The van der Waals surface area contributed by atoms with Crippen LogP contribution in [0.1, 0.15) is 5.69 Å². The van der Waals surface area contributed by atoms with Gasteiger partial charge >= 0.3 is 21.1 Å². The van der Waals surface area contributed by atoms with E-state index in [2.05, 4.69) is 49.9 Å². The number of benzene rings is 3. The molecule has 0 radical (unpaired) electrons. The first-order valence-corrected chi connectivity index (χ1v) is 11.1. The van der Waals surface area contributed by atoms with Crippen molar-refractivity contribution < 1.29 is 30.5 Å². The molecule has 36 heavy (non-hydrogen) atoms. The van der Waals surface area contributed by atoms with Gasteiger partial charge < -0.3 is 14.0 Å². The number of ether oxygens (including phenoxy) is 2. The molecule has 0 saturated carbocycles. The van der Waals surface area contributed by atoms with Crippen LogP contribution in [0.25, 0.3) is 38.8 Å². The maximum absolute atomic E-state index is 5.94. The fourth-order valence-electron chi connectivity index (χ4n) is 4.15. The molecule has 3 aromatic carbocycles. The minimum atomic E-state index is 0. The van der Waals surface area contributed by atoms with E-state index in [1.165, 1.54) is 0 Å². The van der Waals surface area contributed by atoms with Crippen LogP contribution in [0.2, 0.25) is 0 Å². The molecule has 0 aliphatic rings. The minimum absolute atomic E-state index is 0. The van der Waals surface area contributed by atoms with Crippen LogP contribution < -0.4 is 9.47 Å². The summed E-state index contributed by atoms with van der Waals surface area (Å²) in [5.41, 5.74) is 4.47. The maximum Gasteiger partial charge on any atom is 2.00 e. The zero-order chi connectivity index (χ0) is 23.8. The number of aryl methyl sites for hydroxylation is 1. The molecule has 0 N–H and O–H groups in total. The van der Waals surface area contributed by atoms with Crippen LogP contribution >= 0.6 is 0 Å². The number of hydrogen-bond acceptors (Lipinski definition) is 5. The summed E-state index contributed by atoms with van der Waals surface area (Å²) in [7, 11) is 1.63. The monoisotopic (exact) mass is 651 g/mol. The molecule has 0 amide bonds. The Morgan fingerprint density at radius 3 is 2.44 bits per heavy atom. The van der Waals surface area contributed by atoms with Gasteiger partial charge in [0.15, 0.2) is 5.82 Å². The van der Waals surface area contributed by atoms with E-state index in [0.29, 0.717) is 17.4 Å². The molecule has 0 saturated heterocycles. The molecule has 3 heterocycles. The number of fused-ring (bicyclic) bond motifs is 3. The largest absolute Gasteiger partial charge is 2.00 e. The Balaban J connectivity index is 0.00000267. The average molecular weight is 652 g/mol. The van der Waals surface area contributed by atoms with Crippen molar-refractivity contribution in [2.24, 2.45) is 0 Å². The molecule has 6 rings (SSSR count). The van der Waals surface area contributed by atoms with Gasteiger partial charge in [0.05, 0.1) is 25.2 Å². The topological polar surface area (TPSA) is 62.1 Å². The van der Waals surface area contributed by atoms with Crippen molar-refractivity contribution in [1.29, 1.82) is 0 Å². The smallest absolute Gasteiger partial charge is 0.517 e. The van der Waals surface area contributed by atoms with E-state index in [1.54, 1.807) is 37.8 Å². The van der Waals surface area contributed by atoms with E-state index in [-0.39, 0.29) is 21.1 Å². The molecule has 7 heteroatoms.